The van der Waals surface area contributed by atoms with Gasteiger partial charge in [-0.05, 0) is 51.9 Å². The van der Waals surface area contributed by atoms with Gasteiger partial charge in [0.1, 0.15) is 0 Å². The van der Waals surface area contributed by atoms with E-state index in [1.165, 1.54) is 64.8 Å². The maximum Gasteiger partial charge on any atom is 0.0223 e. The molecule has 0 saturated carbocycles. The van der Waals surface area contributed by atoms with Gasteiger partial charge in [0.2, 0.25) is 0 Å². The van der Waals surface area contributed by atoms with E-state index in [1.807, 2.05) is 0 Å². The summed E-state index contributed by atoms with van der Waals surface area (Å²) in [7, 11) is 0. The molecule has 0 amide bonds. The molecule has 2 aliphatic heterocycles. The van der Waals surface area contributed by atoms with E-state index in [9.17, 15) is 0 Å². The van der Waals surface area contributed by atoms with Gasteiger partial charge in [-0.25, -0.2) is 0 Å². The van der Waals surface area contributed by atoms with Crippen molar-refractivity contribution in [1.29, 1.82) is 0 Å². The third-order valence-electron chi connectivity index (χ3n) is 3.82. The van der Waals surface area contributed by atoms with Crippen molar-refractivity contribution in [3.63, 3.8) is 0 Å². The smallest absolute Gasteiger partial charge is 0.0223 e. The first-order valence-corrected chi connectivity index (χ1v) is 6.36. The molecular weight excluding hydrogens is 172 g/mol. The average molecular weight is 196 g/mol. The molecule has 0 aromatic heterocycles. The quantitative estimate of drug-likeness (QED) is 0.681. The maximum absolute atomic E-state index is 2.68. The predicted octanol–water partition coefficient (Wildman–Crippen LogP) is 1.96. The van der Waals surface area contributed by atoms with Crippen molar-refractivity contribution in [2.45, 2.75) is 45.1 Å². The van der Waals surface area contributed by atoms with Gasteiger partial charge in [-0.2, -0.15) is 0 Å². The Labute approximate surface area is 88.3 Å². The molecule has 2 rings (SSSR count). The van der Waals surface area contributed by atoms with Crippen LogP contribution in [0.15, 0.2) is 0 Å². The average Bonchev–Trinajstić information content (AvgIpc) is 2.67. The monoisotopic (exact) mass is 196 g/mol. The zero-order chi connectivity index (χ0) is 9.80. The minimum Gasteiger partial charge on any atom is -0.302 e. The summed E-state index contributed by atoms with van der Waals surface area (Å²) in [6.07, 6.45) is 7.17. The Hall–Kier alpha value is -0.0800. The minimum absolute atomic E-state index is 0.873. The number of nitrogens with zero attached hydrogens (tertiary/aromatic N) is 2. The number of rotatable bonds is 3. The fourth-order valence-electron chi connectivity index (χ4n) is 2.96. The van der Waals surface area contributed by atoms with Crippen LogP contribution in [-0.4, -0.2) is 48.6 Å². The van der Waals surface area contributed by atoms with E-state index in [0.717, 1.165) is 6.04 Å². The summed E-state index contributed by atoms with van der Waals surface area (Å²) in [5, 5.41) is 0. The van der Waals surface area contributed by atoms with E-state index in [0.29, 0.717) is 0 Å². The first kappa shape index (κ1) is 10.4. The van der Waals surface area contributed by atoms with Crippen molar-refractivity contribution in [3.05, 3.63) is 0 Å². The van der Waals surface area contributed by atoms with Crippen LogP contribution in [0.5, 0.6) is 0 Å². The molecule has 0 spiro atoms. The number of hydrogen-bond acceptors (Lipinski definition) is 2. The maximum atomic E-state index is 2.68. The van der Waals surface area contributed by atoms with Crippen LogP contribution in [-0.2, 0) is 0 Å². The summed E-state index contributed by atoms with van der Waals surface area (Å²) in [6.45, 7) is 8.94. The molecule has 0 N–H and O–H groups in total. The van der Waals surface area contributed by atoms with Crippen LogP contribution in [0.25, 0.3) is 0 Å². The lowest BCUT2D eigenvalue weighted by Crippen LogP contribution is -2.42. The molecule has 2 saturated heterocycles. The molecule has 2 nitrogen and oxygen atoms in total. The van der Waals surface area contributed by atoms with Gasteiger partial charge in [-0.1, -0.05) is 13.3 Å². The Morgan fingerprint density at radius 3 is 2.50 bits per heavy atom. The van der Waals surface area contributed by atoms with Gasteiger partial charge in [0.25, 0.3) is 0 Å². The van der Waals surface area contributed by atoms with Crippen molar-refractivity contribution in [3.8, 4) is 0 Å². The van der Waals surface area contributed by atoms with Crippen LogP contribution < -0.4 is 0 Å². The molecule has 14 heavy (non-hydrogen) atoms. The molecule has 2 fully saturated rings. The van der Waals surface area contributed by atoms with Gasteiger partial charge in [-0.3, -0.25) is 4.90 Å². The molecule has 0 bridgehead atoms. The first-order chi connectivity index (χ1) is 6.90. The zero-order valence-corrected chi connectivity index (χ0v) is 9.54. The zero-order valence-electron chi connectivity index (χ0n) is 9.54. The highest BCUT2D eigenvalue weighted by Crippen LogP contribution is 2.19. The Balaban J connectivity index is 1.77. The van der Waals surface area contributed by atoms with Crippen LogP contribution in [0.3, 0.4) is 0 Å². The number of likely N-dealkylation sites (tertiary alicyclic amines) is 2. The van der Waals surface area contributed by atoms with Gasteiger partial charge < -0.3 is 4.90 Å². The largest absolute Gasteiger partial charge is 0.302 e. The fraction of sp³-hybridized carbons (Fsp3) is 1.00. The third kappa shape index (κ3) is 2.48. The van der Waals surface area contributed by atoms with E-state index in [2.05, 4.69) is 16.7 Å². The van der Waals surface area contributed by atoms with Crippen molar-refractivity contribution in [2.75, 3.05) is 32.7 Å². The molecule has 82 valence electrons. The second kappa shape index (κ2) is 5.13. The van der Waals surface area contributed by atoms with Crippen molar-refractivity contribution >= 4 is 0 Å². The highest BCUT2D eigenvalue weighted by atomic mass is 15.2. The van der Waals surface area contributed by atoms with Gasteiger partial charge in [0, 0.05) is 12.6 Å². The number of likely N-dealkylation sites (N-methyl/N-ethyl adjacent to an activating group) is 1. The molecule has 2 heterocycles. The standard InChI is InChI=1S/C12H24N2/c1-2-14-10-6-7-12(14)11-13-8-4-3-5-9-13/h12H,2-11H2,1H3. The first-order valence-electron chi connectivity index (χ1n) is 6.36. The predicted molar refractivity (Wildman–Crippen MR) is 60.6 cm³/mol. The summed E-state index contributed by atoms with van der Waals surface area (Å²) in [5.74, 6) is 0. The van der Waals surface area contributed by atoms with Crippen LogP contribution in [0.1, 0.15) is 39.0 Å². The van der Waals surface area contributed by atoms with Crippen LogP contribution in [0, 0.1) is 0 Å². The van der Waals surface area contributed by atoms with Crippen LogP contribution in [0.4, 0.5) is 0 Å². The SMILES string of the molecule is CCN1CCCC1CN1CCCCC1. The Kier molecular flexibility index (Phi) is 3.82. The molecule has 0 aromatic carbocycles. The van der Waals surface area contributed by atoms with Crippen molar-refractivity contribution in [1.82, 2.24) is 9.80 Å². The molecule has 2 heteroatoms. The molecular formula is C12H24N2. The van der Waals surface area contributed by atoms with E-state index in [-0.39, 0.29) is 0 Å². The Morgan fingerprint density at radius 2 is 1.79 bits per heavy atom. The second-order valence-corrected chi connectivity index (χ2v) is 4.79. The molecule has 0 aliphatic carbocycles. The molecule has 1 atom stereocenters. The van der Waals surface area contributed by atoms with Crippen LogP contribution in [0.2, 0.25) is 0 Å². The second-order valence-electron chi connectivity index (χ2n) is 4.79. The van der Waals surface area contributed by atoms with E-state index in [1.54, 1.807) is 0 Å². The summed E-state index contributed by atoms with van der Waals surface area (Å²) < 4.78 is 0. The summed E-state index contributed by atoms with van der Waals surface area (Å²) in [5.41, 5.74) is 0. The van der Waals surface area contributed by atoms with Gasteiger partial charge in [-0.15, -0.1) is 0 Å². The highest BCUT2D eigenvalue weighted by molar-refractivity contribution is 4.82. The van der Waals surface area contributed by atoms with Crippen molar-refractivity contribution in [2.24, 2.45) is 0 Å². The molecule has 0 aromatic rings. The summed E-state index contributed by atoms with van der Waals surface area (Å²) >= 11 is 0. The normalized spacial score (nSPS) is 31.1. The topological polar surface area (TPSA) is 6.48 Å². The van der Waals surface area contributed by atoms with Gasteiger partial charge in [0.05, 0.1) is 0 Å². The minimum atomic E-state index is 0.873. The van der Waals surface area contributed by atoms with E-state index in [4.69, 9.17) is 0 Å². The summed E-state index contributed by atoms with van der Waals surface area (Å²) in [6, 6.07) is 0.873. The molecule has 1 unspecified atom stereocenters. The van der Waals surface area contributed by atoms with Gasteiger partial charge in [0.15, 0.2) is 0 Å². The van der Waals surface area contributed by atoms with Crippen LogP contribution >= 0.6 is 0 Å². The summed E-state index contributed by atoms with van der Waals surface area (Å²) in [4.78, 5) is 5.34. The fourth-order valence-corrected chi connectivity index (χ4v) is 2.96. The molecule has 0 radical (unpaired) electrons. The highest BCUT2D eigenvalue weighted by Gasteiger charge is 2.25. The molecule has 2 aliphatic rings. The van der Waals surface area contributed by atoms with E-state index < -0.39 is 0 Å². The lowest BCUT2D eigenvalue weighted by molar-refractivity contribution is 0.157. The Bertz CT molecular complexity index is 164. The Morgan fingerprint density at radius 1 is 1.00 bits per heavy atom. The number of hydrogen-bond donors (Lipinski definition) is 0. The lowest BCUT2D eigenvalue weighted by atomic mass is 10.1. The van der Waals surface area contributed by atoms with Gasteiger partial charge >= 0.3 is 0 Å². The third-order valence-corrected chi connectivity index (χ3v) is 3.82. The van der Waals surface area contributed by atoms with E-state index >= 15 is 0 Å². The number of piperidine rings is 1. The van der Waals surface area contributed by atoms with Crippen molar-refractivity contribution < 1.29 is 0 Å². The lowest BCUT2D eigenvalue weighted by Gasteiger charge is -2.32.